The van der Waals surface area contributed by atoms with Gasteiger partial charge in [0.2, 0.25) is 5.91 Å². The molecule has 0 spiro atoms. The highest BCUT2D eigenvalue weighted by Crippen LogP contribution is 2.20. The smallest absolute Gasteiger partial charge is 0.328 e. The number of primary amides is 1. The van der Waals surface area contributed by atoms with E-state index in [1.165, 1.54) is 22.3 Å². The van der Waals surface area contributed by atoms with Crippen molar-refractivity contribution in [3.63, 3.8) is 0 Å². The number of carbonyl (C=O) groups is 3. The number of rotatable bonds is 8. The maximum Gasteiger partial charge on any atom is 0.328 e. The molecule has 0 saturated carbocycles. The fourth-order valence-corrected chi connectivity index (χ4v) is 2.53. The maximum absolute atomic E-state index is 12.3. The average Bonchev–Trinajstić information content (AvgIpc) is 2.88. The highest BCUT2D eigenvalue weighted by molar-refractivity contribution is 7.14. The van der Waals surface area contributed by atoms with Crippen LogP contribution in [0.3, 0.4) is 0 Å². The number of carbonyl (C=O) groups excluding carboxylic acids is 2. The van der Waals surface area contributed by atoms with Crippen LogP contribution in [0.2, 0.25) is 0 Å². The molecule has 0 aliphatic heterocycles. The van der Waals surface area contributed by atoms with Gasteiger partial charge in [-0.1, -0.05) is 13.3 Å². The van der Waals surface area contributed by atoms with E-state index in [9.17, 15) is 14.4 Å². The van der Waals surface area contributed by atoms with Crippen molar-refractivity contribution in [3.8, 4) is 0 Å². The second-order valence-electron chi connectivity index (χ2n) is 4.42. The van der Waals surface area contributed by atoms with Gasteiger partial charge in [-0.15, -0.1) is 11.3 Å². The van der Waals surface area contributed by atoms with Crippen LogP contribution in [0.15, 0.2) is 18.2 Å². The summed E-state index contributed by atoms with van der Waals surface area (Å²) in [7, 11) is 0. The Morgan fingerprint density at radius 1 is 1.38 bits per heavy atom. The lowest BCUT2D eigenvalue weighted by atomic mass is 10.3. The van der Waals surface area contributed by atoms with Gasteiger partial charge in [-0.05, 0) is 24.6 Å². The van der Waals surface area contributed by atoms with E-state index in [2.05, 4.69) is 0 Å². The summed E-state index contributed by atoms with van der Waals surface area (Å²) in [5, 5.41) is 8.57. The number of amides is 2. The van der Waals surface area contributed by atoms with E-state index in [1.807, 2.05) is 6.92 Å². The zero-order chi connectivity index (χ0) is 15.8. The summed E-state index contributed by atoms with van der Waals surface area (Å²) in [4.78, 5) is 36.4. The Morgan fingerprint density at radius 2 is 2.10 bits per heavy atom. The van der Waals surface area contributed by atoms with Gasteiger partial charge >= 0.3 is 5.97 Å². The van der Waals surface area contributed by atoms with Crippen LogP contribution in [0, 0.1) is 0 Å². The standard InChI is InChI=1S/C14H18N2O4S/c1-2-3-8-16(9-12(15)17)14(20)11-6-4-10(21-11)5-7-13(18)19/h4-7H,2-3,8-9H2,1H3,(H2,15,17)(H,18,19). The zero-order valence-electron chi connectivity index (χ0n) is 11.7. The fraction of sp³-hybridized carbons (Fsp3) is 0.357. The van der Waals surface area contributed by atoms with Gasteiger partial charge in [0, 0.05) is 17.5 Å². The first kappa shape index (κ1) is 16.9. The zero-order valence-corrected chi connectivity index (χ0v) is 12.6. The minimum Gasteiger partial charge on any atom is -0.478 e. The SMILES string of the molecule is CCCCN(CC(N)=O)C(=O)c1ccc(C=CC(=O)O)s1. The quantitative estimate of drug-likeness (QED) is 0.712. The van der Waals surface area contributed by atoms with Gasteiger partial charge in [-0.25, -0.2) is 4.79 Å². The lowest BCUT2D eigenvalue weighted by Gasteiger charge is -2.20. The van der Waals surface area contributed by atoms with Crippen LogP contribution in [0.4, 0.5) is 0 Å². The number of carboxylic acids is 1. The van der Waals surface area contributed by atoms with E-state index in [4.69, 9.17) is 10.8 Å². The Morgan fingerprint density at radius 3 is 2.67 bits per heavy atom. The number of unbranched alkanes of at least 4 members (excludes halogenated alkanes) is 1. The van der Waals surface area contributed by atoms with Crippen molar-refractivity contribution >= 4 is 35.2 Å². The number of nitrogens with zero attached hydrogens (tertiary/aromatic N) is 1. The Kier molecular flexibility index (Phi) is 6.61. The van der Waals surface area contributed by atoms with Crippen LogP contribution < -0.4 is 5.73 Å². The fourth-order valence-electron chi connectivity index (χ4n) is 1.66. The molecule has 0 aliphatic carbocycles. The van der Waals surface area contributed by atoms with Gasteiger partial charge < -0.3 is 15.7 Å². The van der Waals surface area contributed by atoms with E-state index in [-0.39, 0.29) is 12.5 Å². The Labute approximate surface area is 126 Å². The van der Waals surface area contributed by atoms with Crippen LogP contribution in [0.1, 0.15) is 34.3 Å². The molecule has 0 saturated heterocycles. The molecule has 2 amide bonds. The lowest BCUT2D eigenvalue weighted by Crippen LogP contribution is -2.38. The highest BCUT2D eigenvalue weighted by Gasteiger charge is 2.18. The number of thiophene rings is 1. The number of carboxylic acid groups (broad SMARTS) is 1. The largest absolute Gasteiger partial charge is 0.478 e. The van der Waals surface area contributed by atoms with E-state index in [1.54, 1.807) is 12.1 Å². The first-order valence-electron chi connectivity index (χ1n) is 6.52. The molecule has 0 aliphatic rings. The summed E-state index contributed by atoms with van der Waals surface area (Å²) >= 11 is 1.18. The van der Waals surface area contributed by atoms with E-state index < -0.39 is 11.9 Å². The molecule has 1 heterocycles. The minimum atomic E-state index is -1.05. The molecule has 0 atom stereocenters. The molecule has 21 heavy (non-hydrogen) atoms. The second-order valence-corrected chi connectivity index (χ2v) is 5.54. The van der Waals surface area contributed by atoms with Gasteiger partial charge in [0.15, 0.2) is 0 Å². The van der Waals surface area contributed by atoms with E-state index >= 15 is 0 Å². The number of nitrogens with two attached hydrogens (primary N) is 1. The van der Waals surface area contributed by atoms with Gasteiger partial charge in [-0.2, -0.15) is 0 Å². The molecule has 0 radical (unpaired) electrons. The van der Waals surface area contributed by atoms with Crippen LogP contribution >= 0.6 is 11.3 Å². The predicted octanol–water partition coefficient (Wildman–Crippen LogP) is 1.57. The number of hydrogen-bond acceptors (Lipinski definition) is 4. The van der Waals surface area contributed by atoms with Crippen LogP contribution in [-0.2, 0) is 9.59 Å². The molecule has 0 fully saturated rings. The molecule has 6 nitrogen and oxygen atoms in total. The molecule has 1 aromatic rings. The minimum absolute atomic E-state index is 0.114. The molecule has 1 rings (SSSR count). The van der Waals surface area contributed by atoms with Gasteiger partial charge in [0.05, 0.1) is 11.4 Å². The third-order valence-corrected chi connectivity index (χ3v) is 3.68. The van der Waals surface area contributed by atoms with E-state index in [0.29, 0.717) is 16.3 Å². The molecular weight excluding hydrogens is 292 g/mol. The summed E-state index contributed by atoms with van der Waals surface area (Å²) in [6, 6.07) is 3.29. The number of aliphatic carboxylic acids is 1. The Bertz CT molecular complexity index is 551. The first-order valence-corrected chi connectivity index (χ1v) is 7.34. The highest BCUT2D eigenvalue weighted by atomic mass is 32.1. The molecule has 114 valence electrons. The summed E-state index contributed by atoms with van der Waals surface area (Å²) < 4.78 is 0. The van der Waals surface area contributed by atoms with E-state index in [0.717, 1.165) is 18.9 Å². The van der Waals surface area contributed by atoms with Crippen molar-refractivity contribution in [1.82, 2.24) is 4.90 Å². The molecule has 0 aromatic carbocycles. The third-order valence-electron chi connectivity index (χ3n) is 2.64. The van der Waals surface area contributed by atoms with Crippen molar-refractivity contribution < 1.29 is 19.5 Å². The predicted molar refractivity (Wildman–Crippen MR) is 81.0 cm³/mol. The summed E-state index contributed by atoms with van der Waals surface area (Å²) in [5.41, 5.74) is 5.16. The topological polar surface area (TPSA) is 101 Å². The van der Waals surface area contributed by atoms with Gasteiger partial charge in [0.25, 0.3) is 5.91 Å². The molecule has 0 unspecified atom stereocenters. The maximum atomic E-state index is 12.3. The molecule has 3 N–H and O–H groups in total. The molecular formula is C14H18N2O4S. The third kappa shape index (κ3) is 5.78. The molecule has 7 heteroatoms. The van der Waals surface area contributed by atoms with Crippen LogP contribution in [0.5, 0.6) is 0 Å². The number of hydrogen-bond donors (Lipinski definition) is 2. The average molecular weight is 310 g/mol. The van der Waals surface area contributed by atoms with Crippen LogP contribution in [0.25, 0.3) is 6.08 Å². The Hall–Kier alpha value is -2.15. The van der Waals surface area contributed by atoms with Gasteiger partial charge in [0.1, 0.15) is 0 Å². The van der Waals surface area contributed by atoms with Crippen molar-refractivity contribution in [2.75, 3.05) is 13.1 Å². The monoisotopic (exact) mass is 310 g/mol. The normalized spacial score (nSPS) is 10.7. The lowest BCUT2D eigenvalue weighted by molar-refractivity contribution is -0.131. The summed E-state index contributed by atoms with van der Waals surface area (Å²) in [5.74, 6) is -1.86. The first-order chi connectivity index (χ1) is 9.93. The summed E-state index contributed by atoms with van der Waals surface area (Å²) in [6.07, 6.45) is 4.13. The Balaban J connectivity index is 2.82. The van der Waals surface area contributed by atoms with Crippen molar-refractivity contribution in [1.29, 1.82) is 0 Å². The second kappa shape index (κ2) is 8.21. The van der Waals surface area contributed by atoms with Crippen molar-refractivity contribution in [3.05, 3.63) is 28.0 Å². The molecule has 0 bridgehead atoms. The summed E-state index contributed by atoms with van der Waals surface area (Å²) in [6.45, 7) is 2.35. The molecule has 1 aromatic heterocycles. The van der Waals surface area contributed by atoms with Gasteiger partial charge in [-0.3, -0.25) is 9.59 Å². The van der Waals surface area contributed by atoms with Crippen molar-refractivity contribution in [2.45, 2.75) is 19.8 Å². The van der Waals surface area contributed by atoms with Crippen molar-refractivity contribution in [2.24, 2.45) is 5.73 Å². The van der Waals surface area contributed by atoms with Crippen LogP contribution in [-0.4, -0.2) is 40.9 Å².